The van der Waals surface area contributed by atoms with Crippen molar-refractivity contribution in [2.45, 2.75) is 83.3 Å². The van der Waals surface area contributed by atoms with E-state index in [0.29, 0.717) is 19.3 Å². The first-order valence-electron chi connectivity index (χ1n) is 12.5. The van der Waals surface area contributed by atoms with Crippen LogP contribution < -0.4 is 0 Å². The van der Waals surface area contributed by atoms with Crippen LogP contribution in [0.4, 0.5) is 0 Å². The van der Waals surface area contributed by atoms with Crippen LogP contribution in [-0.4, -0.2) is 51.8 Å². The molecule has 4 rings (SSSR count). The first-order chi connectivity index (χ1) is 16.3. The van der Waals surface area contributed by atoms with E-state index >= 15 is 0 Å². The van der Waals surface area contributed by atoms with Crippen molar-refractivity contribution in [3.8, 4) is 0 Å². The Morgan fingerprint density at radius 1 is 1.23 bits per heavy atom. The van der Waals surface area contributed by atoms with Gasteiger partial charge < -0.3 is 14.6 Å². The summed E-state index contributed by atoms with van der Waals surface area (Å²) in [6.45, 7) is 8.16. The summed E-state index contributed by atoms with van der Waals surface area (Å²) in [4.78, 5) is 48.9. The number of ether oxygens (including phenoxy) is 2. The quantitative estimate of drug-likeness (QED) is 0.447. The van der Waals surface area contributed by atoms with Crippen molar-refractivity contribution in [1.29, 1.82) is 0 Å². The van der Waals surface area contributed by atoms with Crippen LogP contribution in [0.1, 0.15) is 66.7 Å². The Morgan fingerprint density at radius 2 is 1.91 bits per heavy atom. The van der Waals surface area contributed by atoms with Gasteiger partial charge in [-0.05, 0) is 49.7 Å². The van der Waals surface area contributed by atoms with Gasteiger partial charge in [0.1, 0.15) is 0 Å². The number of rotatable bonds is 5. The molecule has 0 aromatic carbocycles. The zero-order chi connectivity index (χ0) is 26.0. The normalized spacial score (nSPS) is 44.0. The SMILES string of the molecule is CCC(=O)O[C@]1(C(=O)COC(C)=O)[C@@H](C)C[C@H]2[C@H]3CCC4=CC(=O)C=C[C@]4(C)[C@@]3(Cl)[C@@H](O)C[C@@]21C. The molecular weight excluding hydrogens is 472 g/mol. The molecule has 0 amide bonds. The van der Waals surface area contributed by atoms with Gasteiger partial charge in [0, 0.05) is 30.1 Å². The second-order valence-electron chi connectivity index (χ2n) is 11.2. The Kier molecular flexibility index (Phi) is 6.37. The van der Waals surface area contributed by atoms with E-state index in [2.05, 4.69) is 0 Å². The Hall–Kier alpha value is -1.99. The number of carbonyl (C=O) groups is 4. The Bertz CT molecular complexity index is 1030. The number of aliphatic hydroxyl groups excluding tert-OH is 1. The molecule has 1 N–H and O–H groups in total. The fourth-order valence-electron chi connectivity index (χ4n) is 7.92. The zero-order valence-electron chi connectivity index (χ0n) is 21.1. The molecule has 7 nitrogen and oxygen atoms in total. The molecule has 0 aromatic heterocycles. The zero-order valence-corrected chi connectivity index (χ0v) is 21.8. The van der Waals surface area contributed by atoms with Gasteiger partial charge in [-0.15, -0.1) is 11.6 Å². The van der Waals surface area contributed by atoms with Crippen LogP contribution in [-0.2, 0) is 28.7 Å². The predicted octanol–water partition coefficient (Wildman–Crippen LogP) is 3.70. The molecule has 4 aliphatic carbocycles. The molecule has 0 saturated heterocycles. The molecule has 3 saturated carbocycles. The van der Waals surface area contributed by atoms with Crippen LogP contribution in [0.25, 0.3) is 0 Å². The number of allylic oxidation sites excluding steroid dienone is 4. The average molecular weight is 507 g/mol. The summed E-state index contributed by atoms with van der Waals surface area (Å²) in [5.74, 6) is -2.34. The monoisotopic (exact) mass is 506 g/mol. The first-order valence-corrected chi connectivity index (χ1v) is 12.9. The lowest BCUT2D eigenvalue weighted by Crippen LogP contribution is -2.69. The van der Waals surface area contributed by atoms with Crippen LogP contribution >= 0.6 is 11.6 Å². The van der Waals surface area contributed by atoms with E-state index in [1.54, 1.807) is 13.0 Å². The average Bonchev–Trinajstić information content (AvgIpc) is 3.00. The lowest BCUT2D eigenvalue weighted by Gasteiger charge is -2.64. The summed E-state index contributed by atoms with van der Waals surface area (Å²) >= 11 is 7.46. The third kappa shape index (κ3) is 3.41. The van der Waals surface area contributed by atoms with Crippen molar-refractivity contribution in [3.05, 3.63) is 23.8 Å². The second-order valence-corrected chi connectivity index (χ2v) is 11.8. The number of esters is 2. The van der Waals surface area contributed by atoms with Crippen LogP contribution in [0.3, 0.4) is 0 Å². The van der Waals surface area contributed by atoms with Crippen LogP contribution in [0.5, 0.6) is 0 Å². The van der Waals surface area contributed by atoms with E-state index in [4.69, 9.17) is 21.1 Å². The highest BCUT2D eigenvalue weighted by Crippen LogP contribution is 2.72. The van der Waals surface area contributed by atoms with E-state index in [1.165, 1.54) is 13.0 Å². The van der Waals surface area contributed by atoms with Crippen LogP contribution in [0.2, 0.25) is 0 Å². The molecule has 0 aromatic rings. The summed E-state index contributed by atoms with van der Waals surface area (Å²) in [6, 6.07) is 0. The number of halogens is 1. The highest BCUT2D eigenvalue weighted by molar-refractivity contribution is 6.26. The number of hydrogen-bond acceptors (Lipinski definition) is 7. The van der Waals surface area contributed by atoms with Gasteiger partial charge >= 0.3 is 11.9 Å². The minimum Gasteiger partial charge on any atom is -0.458 e. The standard InChI is InChI=1S/C27H35ClO7/c1-6-23(33)35-27(22(32)14-34-16(3)29)15(2)11-20-19-8-7-17-12-18(30)9-10-24(17,4)26(19,28)21(31)13-25(20,27)5/h9-10,12,15,19-21,31H,6-8,11,13-14H2,1-5H3/t15-,19+,20-,21-,24-,25-,26-,27-/m0/s1. The number of fused-ring (bicyclic) bond motifs is 5. The molecule has 8 atom stereocenters. The van der Waals surface area contributed by atoms with Crippen molar-refractivity contribution in [2.75, 3.05) is 6.61 Å². The van der Waals surface area contributed by atoms with Gasteiger partial charge in [0.05, 0.1) is 11.0 Å². The van der Waals surface area contributed by atoms with Gasteiger partial charge in [0.25, 0.3) is 0 Å². The number of alkyl halides is 1. The molecule has 192 valence electrons. The van der Waals surface area contributed by atoms with Gasteiger partial charge in [0.15, 0.2) is 18.0 Å². The third-order valence-corrected chi connectivity index (χ3v) is 10.5. The van der Waals surface area contributed by atoms with E-state index in [-0.39, 0.29) is 36.4 Å². The third-order valence-electron chi connectivity index (χ3n) is 9.57. The smallest absolute Gasteiger partial charge is 0.306 e. The van der Waals surface area contributed by atoms with Crippen LogP contribution in [0.15, 0.2) is 23.8 Å². The molecule has 3 fully saturated rings. The highest BCUT2D eigenvalue weighted by atomic mass is 35.5. The first kappa shape index (κ1) is 26.1. The Labute approximate surface area is 211 Å². The lowest BCUT2D eigenvalue weighted by atomic mass is 9.45. The molecule has 0 unspecified atom stereocenters. The highest BCUT2D eigenvalue weighted by Gasteiger charge is 2.76. The number of ketones is 2. The van der Waals surface area contributed by atoms with Gasteiger partial charge in [-0.1, -0.05) is 39.3 Å². The van der Waals surface area contributed by atoms with Gasteiger partial charge in [-0.3, -0.25) is 19.2 Å². The van der Waals surface area contributed by atoms with E-state index in [1.807, 2.05) is 26.8 Å². The number of hydrogen-bond donors (Lipinski definition) is 1. The molecule has 0 heterocycles. The summed E-state index contributed by atoms with van der Waals surface area (Å²) in [5.41, 5.74) is -2.26. The molecule has 0 radical (unpaired) electrons. The van der Waals surface area contributed by atoms with Gasteiger partial charge in [-0.2, -0.15) is 0 Å². The fourth-order valence-corrected chi connectivity index (χ4v) is 8.45. The van der Waals surface area contributed by atoms with E-state index < -0.39 is 51.7 Å². The minimum atomic E-state index is -1.55. The number of Topliss-reactive ketones (excluding diaryl/α,β-unsaturated/α-hetero) is 1. The minimum absolute atomic E-state index is 0.0811. The van der Waals surface area contributed by atoms with Crippen molar-refractivity contribution < 1.29 is 33.8 Å². The van der Waals surface area contributed by atoms with Crippen molar-refractivity contribution in [3.63, 3.8) is 0 Å². The summed E-state index contributed by atoms with van der Waals surface area (Å²) in [6.07, 6.45) is 6.04. The van der Waals surface area contributed by atoms with Gasteiger partial charge in [0.2, 0.25) is 5.78 Å². The summed E-state index contributed by atoms with van der Waals surface area (Å²) in [5, 5.41) is 11.7. The number of aliphatic hydroxyl groups is 1. The largest absolute Gasteiger partial charge is 0.458 e. The van der Waals surface area contributed by atoms with Crippen molar-refractivity contribution in [1.82, 2.24) is 0 Å². The Morgan fingerprint density at radius 3 is 2.54 bits per heavy atom. The van der Waals surface area contributed by atoms with Gasteiger partial charge in [-0.25, -0.2) is 0 Å². The second kappa shape index (κ2) is 8.55. The molecule has 8 heteroatoms. The molecular formula is C27H35ClO7. The summed E-state index contributed by atoms with van der Waals surface area (Å²) < 4.78 is 11.1. The molecule has 0 spiro atoms. The predicted molar refractivity (Wildman–Crippen MR) is 128 cm³/mol. The van der Waals surface area contributed by atoms with Crippen LogP contribution in [0, 0.1) is 28.6 Å². The molecule has 0 aliphatic heterocycles. The fraction of sp³-hybridized carbons (Fsp3) is 0.704. The molecule has 4 aliphatic rings. The maximum absolute atomic E-state index is 13.7. The molecule has 35 heavy (non-hydrogen) atoms. The number of carbonyl (C=O) groups excluding carboxylic acids is 4. The van der Waals surface area contributed by atoms with Crippen molar-refractivity contribution in [2.24, 2.45) is 28.6 Å². The maximum Gasteiger partial charge on any atom is 0.306 e. The molecule has 0 bridgehead atoms. The lowest BCUT2D eigenvalue weighted by molar-refractivity contribution is -0.203. The van der Waals surface area contributed by atoms with E-state index in [0.717, 1.165) is 5.57 Å². The summed E-state index contributed by atoms with van der Waals surface area (Å²) in [7, 11) is 0. The van der Waals surface area contributed by atoms with Crippen molar-refractivity contribution >= 4 is 35.1 Å². The Balaban J connectivity index is 1.82. The maximum atomic E-state index is 13.7. The topological polar surface area (TPSA) is 107 Å². The van der Waals surface area contributed by atoms with E-state index in [9.17, 15) is 24.3 Å².